The lowest BCUT2D eigenvalue weighted by Gasteiger charge is -2.30. The van der Waals surface area contributed by atoms with E-state index in [1.807, 2.05) is 7.05 Å². The predicted octanol–water partition coefficient (Wildman–Crippen LogP) is 3.05. The van der Waals surface area contributed by atoms with Crippen molar-refractivity contribution in [2.75, 3.05) is 48.8 Å². The number of aromatic nitrogens is 2. The molecule has 2 N–H and O–H groups in total. The molecule has 5 rings (SSSR count). The molecule has 2 fully saturated rings. The Kier molecular flexibility index (Phi) is 6.74. The predicted molar refractivity (Wildman–Crippen MR) is 133 cm³/mol. The highest BCUT2D eigenvalue weighted by atomic mass is 19.1. The smallest absolute Gasteiger partial charge is 0.254 e. The van der Waals surface area contributed by atoms with Gasteiger partial charge < -0.3 is 25.3 Å². The van der Waals surface area contributed by atoms with Crippen molar-refractivity contribution in [3.8, 4) is 0 Å². The number of likely N-dealkylation sites (N-methyl/N-ethyl adjacent to an activating group) is 1. The summed E-state index contributed by atoms with van der Waals surface area (Å²) in [5, 5.41) is 5.53. The van der Waals surface area contributed by atoms with Crippen LogP contribution in [0.3, 0.4) is 0 Å². The highest BCUT2D eigenvalue weighted by molar-refractivity contribution is 5.97. The van der Waals surface area contributed by atoms with Crippen LogP contribution in [0.25, 0.3) is 0 Å². The van der Waals surface area contributed by atoms with E-state index < -0.39 is 17.5 Å². The van der Waals surface area contributed by atoms with Gasteiger partial charge in [0.1, 0.15) is 17.3 Å². The molecule has 1 aromatic carbocycles. The molecule has 3 heterocycles. The van der Waals surface area contributed by atoms with Crippen LogP contribution in [0.4, 0.5) is 31.9 Å². The number of halogens is 2. The van der Waals surface area contributed by atoms with Crippen LogP contribution in [0.5, 0.6) is 0 Å². The second-order valence-electron chi connectivity index (χ2n) is 9.90. The van der Waals surface area contributed by atoms with E-state index in [-0.39, 0.29) is 35.2 Å². The Morgan fingerprint density at radius 1 is 1.08 bits per heavy atom. The minimum Gasteiger partial charge on any atom is -0.351 e. The van der Waals surface area contributed by atoms with Crippen molar-refractivity contribution < 1.29 is 18.4 Å². The summed E-state index contributed by atoms with van der Waals surface area (Å²) in [7, 11) is 3.64. The maximum Gasteiger partial charge on any atom is 0.254 e. The summed E-state index contributed by atoms with van der Waals surface area (Å²) in [4.78, 5) is 39.7. The molecular weight excluding hydrogens is 468 g/mol. The first-order valence-electron chi connectivity index (χ1n) is 12.5. The number of hydrogen-bond acceptors (Lipinski definition) is 7. The molecule has 0 spiro atoms. The molecule has 1 aliphatic carbocycles. The molecular formula is C25H31F2N7O2. The minimum atomic E-state index is -0.838. The van der Waals surface area contributed by atoms with Crippen LogP contribution in [-0.2, 0) is 4.79 Å². The number of nitrogens with one attached hydrogen (secondary N) is 2. The van der Waals surface area contributed by atoms with E-state index in [4.69, 9.17) is 0 Å². The monoisotopic (exact) mass is 499 g/mol. The van der Waals surface area contributed by atoms with Crippen molar-refractivity contribution in [1.29, 1.82) is 0 Å². The zero-order chi connectivity index (χ0) is 25.4. The van der Waals surface area contributed by atoms with E-state index in [1.165, 1.54) is 6.20 Å². The Morgan fingerprint density at radius 3 is 2.58 bits per heavy atom. The average Bonchev–Trinajstić information content (AvgIpc) is 3.50. The molecule has 36 heavy (non-hydrogen) atoms. The number of fused-ring (bicyclic) bond motifs is 1. The highest BCUT2D eigenvalue weighted by Gasteiger charge is 2.32. The van der Waals surface area contributed by atoms with Gasteiger partial charge in [-0.15, -0.1) is 0 Å². The average molecular weight is 500 g/mol. The Balaban J connectivity index is 1.39. The number of nitrogens with zero attached hydrogens (tertiary/aromatic N) is 5. The number of amides is 2. The van der Waals surface area contributed by atoms with Crippen molar-refractivity contribution in [3.05, 3.63) is 35.5 Å². The molecule has 2 aliphatic heterocycles. The van der Waals surface area contributed by atoms with Crippen LogP contribution >= 0.6 is 0 Å². The Hall–Kier alpha value is -3.34. The quantitative estimate of drug-likeness (QED) is 0.653. The molecule has 11 heteroatoms. The molecule has 0 radical (unpaired) electrons. The van der Waals surface area contributed by atoms with Gasteiger partial charge in [0.25, 0.3) is 5.91 Å². The first-order chi connectivity index (χ1) is 17.3. The Bertz CT molecular complexity index is 1170. The third-order valence-electron chi connectivity index (χ3n) is 7.36. The van der Waals surface area contributed by atoms with E-state index in [0.717, 1.165) is 50.8 Å². The van der Waals surface area contributed by atoms with Gasteiger partial charge in [-0.2, -0.15) is 4.98 Å². The SMILES string of the molecule is CN1CC[C@@H](NC(=O)c2cc(F)c(Nc3ncc4c(n3)N(C3CCCC3)CCC(=O)N4C)cc2F)C1. The lowest BCUT2D eigenvalue weighted by Crippen LogP contribution is -2.37. The first kappa shape index (κ1) is 24.4. The van der Waals surface area contributed by atoms with Gasteiger partial charge in [0, 0.05) is 44.7 Å². The second-order valence-corrected chi connectivity index (χ2v) is 9.90. The summed E-state index contributed by atoms with van der Waals surface area (Å²) in [6.45, 7) is 2.05. The number of likely N-dealkylation sites (tertiary alicyclic amines) is 1. The number of benzene rings is 1. The van der Waals surface area contributed by atoms with Gasteiger partial charge in [0.2, 0.25) is 11.9 Å². The molecule has 1 saturated carbocycles. The summed E-state index contributed by atoms with van der Waals surface area (Å²) in [5.41, 5.74) is 0.0734. The van der Waals surface area contributed by atoms with E-state index in [9.17, 15) is 18.4 Å². The van der Waals surface area contributed by atoms with Crippen LogP contribution in [0, 0.1) is 11.6 Å². The molecule has 3 aliphatic rings. The molecule has 1 saturated heterocycles. The summed E-state index contributed by atoms with van der Waals surface area (Å²) < 4.78 is 29.8. The van der Waals surface area contributed by atoms with Gasteiger partial charge in [-0.3, -0.25) is 9.59 Å². The maximum absolute atomic E-state index is 15.0. The van der Waals surface area contributed by atoms with Crippen LogP contribution in [-0.4, -0.2) is 72.5 Å². The molecule has 2 aromatic rings. The molecule has 1 atom stereocenters. The summed E-state index contributed by atoms with van der Waals surface area (Å²) in [6.07, 6.45) is 6.95. The summed E-state index contributed by atoms with van der Waals surface area (Å²) in [6, 6.07) is 2.03. The van der Waals surface area contributed by atoms with E-state index in [2.05, 4.69) is 30.4 Å². The van der Waals surface area contributed by atoms with Crippen LogP contribution in [0.2, 0.25) is 0 Å². The number of carbonyl (C=O) groups is 2. The minimum absolute atomic E-state index is 0.0210. The maximum atomic E-state index is 15.0. The molecule has 9 nitrogen and oxygen atoms in total. The van der Waals surface area contributed by atoms with Crippen molar-refractivity contribution in [1.82, 2.24) is 20.2 Å². The van der Waals surface area contributed by atoms with Gasteiger partial charge in [-0.05, 0) is 38.9 Å². The topological polar surface area (TPSA) is 93.7 Å². The lowest BCUT2D eigenvalue weighted by atomic mass is 10.1. The number of hydrogen-bond donors (Lipinski definition) is 2. The third-order valence-corrected chi connectivity index (χ3v) is 7.36. The Labute approximate surface area is 208 Å². The van der Waals surface area contributed by atoms with Crippen molar-refractivity contribution in [3.63, 3.8) is 0 Å². The largest absolute Gasteiger partial charge is 0.351 e. The third kappa shape index (κ3) is 4.84. The van der Waals surface area contributed by atoms with E-state index >= 15 is 0 Å². The van der Waals surface area contributed by atoms with E-state index in [1.54, 1.807) is 11.9 Å². The zero-order valence-electron chi connectivity index (χ0n) is 20.6. The fourth-order valence-corrected chi connectivity index (χ4v) is 5.32. The molecule has 192 valence electrons. The lowest BCUT2D eigenvalue weighted by molar-refractivity contribution is -0.118. The standard InChI is InChI=1S/C25H31F2N7O2/c1-32-9-7-15(14-32)29-24(36)17-11-19(27)20(12-18(17)26)30-25-28-13-21-23(31-25)34(16-5-3-4-6-16)10-8-22(35)33(21)2/h11-13,15-16H,3-10,14H2,1-2H3,(H,29,36)(H,28,30,31)/t15-/m1/s1. The van der Waals surface area contributed by atoms with Crippen molar-refractivity contribution in [2.24, 2.45) is 0 Å². The van der Waals surface area contributed by atoms with Crippen molar-refractivity contribution in [2.45, 2.75) is 50.6 Å². The van der Waals surface area contributed by atoms with Gasteiger partial charge in [-0.25, -0.2) is 13.8 Å². The van der Waals surface area contributed by atoms with Crippen LogP contribution in [0.15, 0.2) is 18.3 Å². The number of rotatable bonds is 5. The van der Waals surface area contributed by atoms with Gasteiger partial charge >= 0.3 is 0 Å². The fraction of sp³-hybridized carbons (Fsp3) is 0.520. The van der Waals surface area contributed by atoms with Crippen molar-refractivity contribution >= 4 is 35.0 Å². The fourth-order valence-electron chi connectivity index (χ4n) is 5.32. The summed E-state index contributed by atoms with van der Waals surface area (Å²) >= 11 is 0. The first-order valence-corrected chi connectivity index (χ1v) is 12.5. The molecule has 1 aromatic heterocycles. The van der Waals surface area contributed by atoms with E-state index in [0.29, 0.717) is 31.0 Å². The van der Waals surface area contributed by atoms with Gasteiger partial charge in [-0.1, -0.05) is 12.8 Å². The summed E-state index contributed by atoms with van der Waals surface area (Å²) in [5.74, 6) is -1.60. The number of anilines is 4. The normalized spacial score (nSPS) is 21.0. The molecule has 2 amide bonds. The van der Waals surface area contributed by atoms with Crippen LogP contribution in [0.1, 0.15) is 48.9 Å². The van der Waals surface area contributed by atoms with Gasteiger partial charge in [0.15, 0.2) is 5.82 Å². The highest BCUT2D eigenvalue weighted by Crippen LogP contribution is 2.36. The second kappa shape index (κ2) is 9.96. The van der Waals surface area contributed by atoms with Crippen LogP contribution < -0.4 is 20.4 Å². The molecule has 0 unspecified atom stereocenters. The zero-order valence-corrected chi connectivity index (χ0v) is 20.6. The number of carbonyl (C=O) groups excluding carboxylic acids is 2. The van der Waals surface area contributed by atoms with Gasteiger partial charge in [0.05, 0.1) is 17.4 Å². The molecule has 0 bridgehead atoms. The Morgan fingerprint density at radius 2 is 1.86 bits per heavy atom.